The maximum absolute atomic E-state index is 12.8. The molecule has 0 saturated heterocycles. The Hall–Kier alpha value is -2.69. The topological polar surface area (TPSA) is 56.8 Å². The van der Waals surface area contributed by atoms with Crippen molar-refractivity contribution in [3.05, 3.63) is 53.6 Å². The SMILES string of the molecule is CCOc1cc(C(=O)N[C@@H]2CCOc3ccccc32)ccc1OCC(C)C. The maximum atomic E-state index is 12.8. The lowest BCUT2D eigenvalue weighted by atomic mass is 10.00. The Morgan fingerprint density at radius 1 is 1.19 bits per heavy atom. The zero-order valence-electron chi connectivity index (χ0n) is 16.2. The van der Waals surface area contributed by atoms with Crippen molar-refractivity contribution in [2.75, 3.05) is 19.8 Å². The monoisotopic (exact) mass is 369 g/mol. The van der Waals surface area contributed by atoms with E-state index in [2.05, 4.69) is 19.2 Å². The zero-order chi connectivity index (χ0) is 19.2. The molecular formula is C22H27NO4. The molecule has 0 fully saturated rings. The van der Waals surface area contributed by atoms with Crippen LogP contribution in [-0.2, 0) is 0 Å². The highest BCUT2D eigenvalue weighted by atomic mass is 16.5. The molecule has 2 aromatic rings. The Balaban J connectivity index is 1.76. The zero-order valence-corrected chi connectivity index (χ0v) is 16.2. The van der Waals surface area contributed by atoms with Gasteiger partial charge in [0, 0.05) is 17.5 Å². The van der Waals surface area contributed by atoms with Crippen molar-refractivity contribution in [3.63, 3.8) is 0 Å². The quantitative estimate of drug-likeness (QED) is 0.787. The van der Waals surface area contributed by atoms with Gasteiger partial charge in [-0.25, -0.2) is 0 Å². The fourth-order valence-corrected chi connectivity index (χ4v) is 3.03. The summed E-state index contributed by atoms with van der Waals surface area (Å²) in [6.07, 6.45) is 0.747. The number of amides is 1. The van der Waals surface area contributed by atoms with E-state index in [1.54, 1.807) is 18.2 Å². The first-order valence-corrected chi connectivity index (χ1v) is 9.50. The molecule has 144 valence electrons. The fourth-order valence-electron chi connectivity index (χ4n) is 3.03. The molecule has 0 aliphatic carbocycles. The largest absolute Gasteiger partial charge is 0.493 e. The summed E-state index contributed by atoms with van der Waals surface area (Å²) in [7, 11) is 0. The Morgan fingerprint density at radius 2 is 2.00 bits per heavy atom. The summed E-state index contributed by atoms with van der Waals surface area (Å²) in [6, 6.07) is 13.1. The summed E-state index contributed by atoms with van der Waals surface area (Å²) in [5, 5.41) is 3.12. The molecule has 0 aromatic heterocycles. The molecule has 0 spiro atoms. The Labute approximate surface area is 160 Å². The molecule has 0 bridgehead atoms. The van der Waals surface area contributed by atoms with Crippen molar-refractivity contribution in [1.82, 2.24) is 5.32 Å². The summed E-state index contributed by atoms with van der Waals surface area (Å²) in [6.45, 7) is 7.80. The minimum Gasteiger partial charge on any atom is -0.493 e. The van der Waals surface area contributed by atoms with Gasteiger partial charge in [0.25, 0.3) is 5.91 Å². The number of ether oxygens (including phenoxy) is 3. The van der Waals surface area contributed by atoms with E-state index >= 15 is 0 Å². The first-order valence-electron chi connectivity index (χ1n) is 9.50. The third kappa shape index (κ3) is 4.73. The number of hydrogen-bond donors (Lipinski definition) is 1. The van der Waals surface area contributed by atoms with Crippen LogP contribution in [0.3, 0.4) is 0 Å². The van der Waals surface area contributed by atoms with Gasteiger partial charge in [-0.15, -0.1) is 0 Å². The second-order valence-electron chi connectivity index (χ2n) is 7.00. The lowest BCUT2D eigenvalue weighted by Crippen LogP contribution is -2.32. The van der Waals surface area contributed by atoms with Gasteiger partial charge in [-0.05, 0) is 37.1 Å². The van der Waals surface area contributed by atoms with Crippen molar-refractivity contribution < 1.29 is 19.0 Å². The predicted octanol–water partition coefficient (Wildman–Crippen LogP) is 4.37. The van der Waals surface area contributed by atoms with Gasteiger partial charge in [-0.1, -0.05) is 32.0 Å². The minimum atomic E-state index is -0.131. The fraction of sp³-hybridized carbons (Fsp3) is 0.409. The molecule has 1 aliphatic rings. The first-order chi connectivity index (χ1) is 13.1. The van der Waals surface area contributed by atoms with E-state index in [1.165, 1.54) is 0 Å². The molecule has 3 rings (SSSR count). The third-order valence-electron chi connectivity index (χ3n) is 4.34. The van der Waals surface area contributed by atoms with Crippen LogP contribution in [0.25, 0.3) is 0 Å². The number of rotatable bonds is 7. The average Bonchev–Trinajstić information content (AvgIpc) is 2.67. The van der Waals surface area contributed by atoms with Crippen LogP contribution in [0.5, 0.6) is 17.2 Å². The molecule has 0 unspecified atom stereocenters. The van der Waals surface area contributed by atoms with Gasteiger partial charge in [0.05, 0.1) is 25.9 Å². The summed E-state index contributed by atoms with van der Waals surface area (Å²) < 4.78 is 17.2. The lowest BCUT2D eigenvalue weighted by molar-refractivity contribution is 0.0924. The van der Waals surface area contributed by atoms with Crippen LogP contribution in [-0.4, -0.2) is 25.7 Å². The summed E-state index contributed by atoms with van der Waals surface area (Å²) in [4.78, 5) is 12.8. The Kier molecular flexibility index (Phi) is 6.22. The van der Waals surface area contributed by atoms with E-state index in [0.29, 0.717) is 42.8 Å². The van der Waals surface area contributed by atoms with Crippen molar-refractivity contribution >= 4 is 5.91 Å². The molecule has 1 amide bonds. The smallest absolute Gasteiger partial charge is 0.251 e. The molecule has 5 heteroatoms. The second-order valence-corrected chi connectivity index (χ2v) is 7.00. The number of nitrogens with one attached hydrogen (secondary N) is 1. The van der Waals surface area contributed by atoms with Crippen LogP contribution >= 0.6 is 0 Å². The molecule has 0 saturated carbocycles. The average molecular weight is 369 g/mol. The molecule has 1 heterocycles. The summed E-state index contributed by atoms with van der Waals surface area (Å²) in [5.41, 5.74) is 1.57. The van der Waals surface area contributed by atoms with E-state index in [9.17, 15) is 4.79 Å². The number of carbonyl (C=O) groups excluding carboxylic acids is 1. The predicted molar refractivity (Wildman–Crippen MR) is 105 cm³/mol. The molecule has 1 N–H and O–H groups in total. The molecule has 1 aliphatic heterocycles. The second kappa shape index (κ2) is 8.80. The number of carbonyl (C=O) groups is 1. The minimum absolute atomic E-state index is 0.0603. The summed E-state index contributed by atoms with van der Waals surface area (Å²) in [5.74, 6) is 2.38. The van der Waals surface area contributed by atoms with Gasteiger partial charge < -0.3 is 19.5 Å². The van der Waals surface area contributed by atoms with E-state index in [-0.39, 0.29) is 11.9 Å². The number of para-hydroxylation sites is 1. The lowest BCUT2D eigenvalue weighted by Gasteiger charge is -2.26. The van der Waals surface area contributed by atoms with Crippen LogP contribution in [0.1, 0.15) is 49.2 Å². The molecule has 27 heavy (non-hydrogen) atoms. The molecule has 1 atom stereocenters. The Bertz CT molecular complexity index is 788. The molecular weight excluding hydrogens is 342 g/mol. The van der Waals surface area contributed by atoms with Crippen molar-refractivity contribution in [2.45, 2.75) is 33.2 Å². The van der Waals surface area contributed by atoms with Crippen LogP contribution < -0.4 is 19.5 Å². The maximum Gasteiger partial charge on any atom is 0.251 e. The highest BCUT2D eigenvalue weighted by Gasteiger charge is 2.23. The number of fused-ring (bicyclic) bond motifs is 1. The van der Waals surface area contributed by atoms with E-state index in [0.717, 1.165) is 17.7 Å². The highest BCUT2D eigenvalue weighted by molar-refractivity contribution is 5.95. The summed E-state index contributed by atoms with van der Waals surface area (Å²) >= 11 is 0. The van der Waals surface area contributed by atoms with Gasteiger partial charge in [-0.2, -0.15) is 0 Å². The highest BCUT2D eigenvalue weighted by Crippen LogP contribution is 2.33. The van der Waals surface area contributed by atoms with Crippen molar-refractivity contribution in [2.24, 2.45) is 5.92 Å². The van der Waals surface area contributed by atoms with Crippen LogP contribution in [0.15, 0.2) is 42.5 Å². The third-order valence-corrected chi connectivity index (χ3v) is 4.34. The van der Waals surface area contributed by atoms with Gasteiger partial charge in [0.1, 0.15) is 5.75 Å². The van der Waals surface area contributed by atoms with Crippen LogP contribution in [0, 0.1) is 5.92 Å². The van der Waals surface area contributed by atoms with Crippen LogP contribution in [0.4, 0.5) is 0 Å². The van der Waals surface area contributed by atoms with E-state index in [1.807, 2.05) is 31.2 Å². The molecule has 0 radical (unpaired) electrons. The Morgan fingerprint density at radius 3 is 2.78 bits per heavy atom. The van der Waals surface area contributed by atoms with Gasteiger partial charge in [-0.3, -0.25) is 4.79 Å². The number of hydrogen-bond acceptors (Lipinski definition) is 4. The van der Waals surface area contributed by atoms with E-state index < -0.39 is 0 Å². The van der Waals surface area contributed by atoms with E-state index in [4.69, 9.17) is 14.2 Å². The first kappa shape index (κ1) is 19.1. The standard InChI is InChI=1S/C22H27NO4/c1-4-25-21-13-16(9-10-20(21)27-14-15(2)3)22(24)23-18-11-12-26-19-8-6-5-7-17(18)19/h5-10,13,15,18H,4,11-12,14H2,1-3H3,(H,23,24)/t18-/m1/s1. The molecule has 2 aromatic carbocycles. The van der Waals surface area contributed by atoms with Gasteiger partial charge in [0.15, 0.2) is 11.5 Å². The number of benzene rings is 2. The van der Waals surface area contributed by atoms with Crippen molar-refractivity contribution in [3.8, 4) is 17.2 Å². The van der Waals surface area contributed by atoms with Crippen LogP contribution in [0.2, 0.25) is 0 Å². The normalized spacial score (nSPS) is 15.6. The van der Waals surface area contributed by atoms with Gasteiger partial charge in [0.2, 0.25) is 0 Å². The van der Waals surface area contributed by atoms with Gasteiger partial charge >= 0.3 is 0 Å². The van der Waals surface area contributed by atoms with Crippen molar-refractivity contribution in [1.29, 1.82) is 0 Å². The molecule has 5 nitrogen and oxygen atoms in total.